The van der Waals surface area contributed by atoms with E-state index in [9.17, 15) is 14.4 Å². The predicted octanol–water partition coefficient (Wildman–Crippen LogP) is 0.851. The van der Waals surface area contributed by atoms with Gasteiger partial charge in [-0.05, 0) is 24.3 Å². The third-order valence-electron chi connectivity index (χ3n) is 3.71. The number of rotatable bonds is 4. The number of ether oxygens (including phenoxy) is 1. The van der Waals surface area contributed by atoms with Crippen LogP contribution in [-0.4, -0.2) is 31.4 Å². The van der Waals surface area contributed by atoms with Crippen LogP contribution in [0.15, 0.2) is 24.3 Å². The first-order chi connectivity index (χ1) is 10.9. The molecule has 1 aromatic carbocycles. The number of nitrogens with one attached hydrogen (secondary N) is 2. The van der Waals surface area contributed by atoms with E-state index in [1.54, 1.807) is 50.1 Å². The Morgan fingerprint density at radius 3 is 2.43 bits per heavy atom. The van der Waals surface area contributed by atoms with Crippen molar-refractivity contribution in [3.8, 4) is 5.75 Å². The maximum absolute atomic E-state index is 12.1. The maximum atomic E-state index is 12.1. The first-order valence-corrected chi connectivity index (χ1v) is 7.46. The van der Waals surface area contributed by atoms with Gasteiger partial charge in [0.15, 0.2) is 0 Å². The monoisotopic (exact) mass is 319 g/mol. The Hall–Kier alpha value is -2.57. The number of methoxy groups -OCH3 is 1. The van der Waals surface area contributed by atoms with Gasteiger partial charge in [-0.1, -0.05) is 13.8 Å². The summed E-state index contributed by atoms with van der Waals surface area (Å²) in [4.78, 5) is 37.2. The smallest absolute Gasteiger partial charge is 0.243 e. The first-order valence-electron chi connectivity index (χ1n) is 7.46. The second-order valence-electron chi connectivity index (χ2n) is 5.74. The lowest BCUT2D eigenvalue weighted by Crippen LogP contribution is -2.46. The SMILES string of the molecule is COc1ccc(N2C[C@@H](C(=O)NNC(=O)C(C)C)CC2=O)cc1. The molecule has 23 heavy (non-hydrogen) atoms. The van der Waals surface area contributed by atoms with Crippen molar-refractivity contribution in [3.63, 3.8) is 0 Å². The molecule has 1 fully saturated rings. The van der Waals surface area contributed by atoms with E-state index in [-0.39, 0.29) is 36.6 Å². The van der Waals surface area contributed by atoms with Crippen LogP contribution in [-0.2, 0) is 14.4 Å². The minimum atomic E-state index is -0.489. The normalized spacial score (nSPS) is 17.3. The van der Waals surface area contributed by atoms with Gasteiger partial charge in [-0.3, -0.25) is 25.2 Å². The van der Waals surface area contributed by atoms with Crippen molar-refractivity contribution in [2.24, 2.45) is 11.8 Å². The molecule has 0 bridgehead atoms. The molecular formula is C16H21N3O4. The number of hydrazine groups is 1. The van der Waals surface area contributed by atoms with Gasteiger partial charge in [0.2, 0.25) is 17.7 Å². The topological polar surface area (TPSA) is 87.7 Å². The molecule has 1 heterocycles. The van der Waals surface area contributed by atoms with E-state index in [1.165, 1.54) is 0 Å². The molecule has 0 unspecified atom stereocenters. The molecule has 1 atom stereocenters. The third kappa shape index (κ3) is 4.00. The number of hydrogen-bond acceptors (Lipinski definition) is 4. The number of hydrogen-bond donors (Lipinski definition) is 2. The van der Waals surface area contributed by atoms with E-state index in [2.05, 4.69) is 10.9 Å². The minimum Gasteiger partial charge on any atom is -0.497 e. The summed E-state index contributed by atoms with van der Waals surface area (Å²) >= 11 is 0. The molecule has 2 rings (SSSR count). The van der Waals surface area contributed by atoms with Crippen LogP contribution in [0, 0.1) is 11.8 Å². The molecule has 2 N–H and O–H groups in total. The van der Waals surface area contributed by atoms with Gasteiger partial charge in [0.05, 0.1) is 13.0 Å². The van der Waals surface area contributed by atoms with Gasteiger partial charge in [0.25, 0.3) is 0 Å². The molecule has 0 aromatic heterocycles. The van der Waals surface area contributed by atoms with Gasteiger partial charge >= 0.3 is 0 Å². The summed E-state index contributed by atoms with van der Waals surface area (Å²) in [6.45, 7) is 3.74. The zero-order valence-electron chi connectivity index (χ0n) is 13.5. The Balaban J connectivity index is 1.96. The quantitative estimate of drug-likeness (QED) is 0.806. The number of carbonyl (C=O) groups is 3. The largest absolute Gasteiger partial charge is 0.497 e. The predicted molar refractivity (Wildman–Crippen MR) is 84.6 cm³/mol. The fourth-order valence-electron chi connectivity index (χ4n) is 2.26. The molecule has 1 aromatic rings. The van der Waals surface area contributed by atoms with Crippen molar-refractivity contribution >= 4 is 23.4 Å². The highest BCUT2D eigenvalue weighted by Gasteiger charge is 2.35. The number of amides is 3. The van der Waals surface area contributed by atoms with E-state index < -0.39 is 5.92 Å². The zero-order valence-corrected chi connectivity index (χ0v) is 13.5. The lowest BCUT2D eigenvalue weighted by atomic mass is 10.1. The molecule has 0 aliphatic carbocycles. The van der Waals surface area contributed by atoms with E-state index in [0.29, 0.717) is 5.75 Å². The summed E-state index contributed by atoms with van der Waals surface area (Å²) in [6, 6.07) is 7.08. The van der Waals surface area contributed by atoms with Crippen molar-refractivity contribution in [2.45, 2.75) is 20.3 Å². The Bertz CT molecular complexity index is 598. The Morgan fingerprint density at radius 1 is 1.22 bits per heavy atom. The van der Waals surface area contributed by atoms with E-state index in [4.69, 9.17) is 4.74 Å². The molecule has 1 saturated heterocycles. The van der Waals surface area contributed by atoms with Gasteiger partial charge in [-0.25, -0.2) is 0 Å². The van der Waals surface area contributed by atoms with E-state index >= 15 is 0 Å². The number of benzene rings is 1. The summed E-state index contributed by atoms with van der Waals surface area (Å²) in [7, 11) is 1.57. The van der Waals surface area contributed by atoms with Crippen LogP contribution in [0.5, 0.6) is 5.75 Å². The molecule has 0 spiro atoms. The molecule has 3 amide bonds. The Morgan fingerprint density at radius 2 is 1.87 bits per heavy atom. The van der Waals surface area contributed by atoms with Crippen LogP contribution in [0.1, 0.15) is 20.3 Å². The number of anilines is 1. The fourth-order valence-corrected chi connectivity index (χ4v) is 2.26. The van der Waals surface area contributed by atoms with Crippen LogP contribution in [0.2, 0.25) is 0 Å². The molecule has 1 aliphatic heterocycles. The highest BCUT2D eigenvalue weighted by molar-refractivity contribution is 6.00. The van der Waals surface area contributed by atoms with Gasteiger partial charge in [0.1, 0.15) is 5.75 Å². The molecule has 0 radical (unpaired) electrons. The Kier molecular flexibility index (Phi) is 5.20. The number of carbonyl (C=O) groups excluding carboxylic acids is 3. The molecular weight excluding hydrogens is 298 g/mol. The second kappa shape index (κ2) is 7.13. The molecule has 1 aliphatic rings. The molecule has 124 valence electrons. The highest BCUT2D eigenvalue weighted by Crippen LogP contribution is 2.26. The lowest BCUT2D eigenvalue weighted by Gasteiger charge is -2.17. The summed E-state index contributed by atoms with van der Waals surface area (Å²) in [5.41, 5.74) is 5.46. The van der Waals surface area contributed by atoms with Crippen LogP contribution < -0.4 is 20.5 Å². The first kappa shape index (κ1) is 16.8. The van der Waals surface area contributed by atoms with Crippen molar-refractivity contribution in [1.29, 1.82) is 0 Å². The van der Waals surface area contributed by atoms with Crippen molar-refractivity contribution in [3.05, 3.63) is 24.3 Å². The summed E-state index contributed by atoms with van der Waals surface area (Å²) in [5, 5.41) is 0. The maximum Gasteiger partial charge on any atom is 0.243 e. The van der Waals surface area contributed by atoms with Crippen molar-refractivity contribution < 1.29 is 19.1 Å². The summed E-state index contributed by atoms with van der Waals surface area (Å²) < 4.78 is 5.08. The standard InChI is InChI=1S/C16H21N3O4/c1-10(2)15(21)17-18-16(22)11-8-14(20)19(9-11)12-4-6-13(23-3)7-5-12/h4-7,10-11H,8-9H2,1-3H3,(H,17,21)(H,18,22)/t11-/m0/s1. The van der Waals surface area contributed by atoms with Crippen molar-refractivity contribution in [2.75, 3.05) is 18.6 Å². The molecule has 7 nitrogen and oxygen atoms in total. The lowest BCUT2D eigenvalue weighted by molar-refractivity contribution is -0.132. The minimum absolute atomic E-state index is 0.120. The zero-order chi connectivity index (χ0) is 17.0. The van der Waals surface area contributed by atoms with Crippen LogP contribution in [0.25, 0.3) is 0 Å². The second-order valence-corrected chi connectivity index (χ2v) is 5.74. The highest BCUT2D eigenvalue weighted by atomic mass is 16.5. The van der Waals surface area contributed by atoms with Crippen molar-refractivity contribution in [1.82, 2.24) is 10.9 Å². The van der Waals surface area contributed by atoms with E-state index in [0.717, 1.165) is 5.69 Å². The molecule has 7 heteroatoms. The molecule has 0 saturated carbocycles. The van der Waals surface area contributed by atoms with Gasteiger partial charge in [-0.15, -0.1) is 0 Å². The van der Waals surface area contributed by atoms with Crippen LogP contribution in [0.4, 0.5) is 5.69 Å². The third-order valence-corrected chi connectivity index (χ3v) is 3.71. The van der Waals surface area contributed by atoms with E-state index in [1.807, 2.05) is 0 Å². The van der Waals surface area contributed by atoms with Gasteiger partial charge in [0, 0.05) is 24.6 Å². The van der Waals surface area contributed by atoms with Crippen LogP contribution in [0.3, 0.4) is 0 Å². The average Bonchev–Trinajstić information content (AvgIpc) is 2.94. The van der Waals surface area contributed by atoms with Crippen LogP contribution >= 0.6 is 0 Å². The summed E-state index contributed by atoms with van der Waals surface area (Å²) in [5.74, 6) is -0.761. The average molecular weight is 319 g/mol. The van der Waals surface area contributed by atoms with Gasteiger partial charge in [-0.2, -0.15) is 0 Å². The Labute approximate surface area is 135 Å². The number of nitrogens with zero attached hydrogens (tertiary/aromatic N) is 1. The van der Waals surface area contributed by atoms with Gasteiger partial charge < -0.3 is 9.64 Å². The fraction of sp³-hybridized carbons (Fsp3) is 0.438. The summed E-state index contributed by atoms with van der Waals surface area (Å²) in [6.07, 6.45) is 0.120.